The lowest BCUT2D eigenvalue weighted by atomic mass is 9.71. The fraction of sp³-hybridized carbons (Fsp3) is 0.379. The number of allylic oxidation sites excluding steroid dienone is 3. The minimum atomic E-state index is -0.413. The van der Waals surface area contributed by atoms with Crippen molar-refractivity contribution in [1.29, 1.82) is 0 Å². The van der Waals surface area contributed by atoms with Gasteiger partial charge in [-0.2, -0.15) is 0 Å². The van der Waals surface area contributed by atoms with Crippen molar-refractivity contribution in [3.63, 3.8) is 0 Å². The topological polar surface area (TPSA) is 55.4 Å². The SMILES string of the molecule is CC1=C(C(=O)OC2CCCC2)[C@@H](c2ccc(C)cc2)C2=C(C[C@H](c3ccc(Cl)cc3)CC2=O)N1. The largest absolute Gasteiger partial charge is 0.459 e. The lowest BCUT2D eigenvalue weighted by Crippen LogP contribution is -2.36. The molecule has 1 heterocycles. The molecule has 1 N–H and O–H groups in total. The van der Waals surface area contributed by atoms with Crippen LogP contribution in [0.4, 0.5) is 0 Å². The predicted molar refractivity (Wildman–Crippen MR) is 134 cm³/mol. The highest BCUT2D eigenvalue weighted by Crippen LogP contribution is 2.46. The average molecular weight is 476 g/mol. The van der Waals surface area contributed by atoms with E-state index >= 15 is 0 Å². The Balaban J connectivity index is 1.53. The number of rotatable bonds is 4. The van der Waals surface area contributed by atoms with Crippen LogP contribution in [0.3, 0.4) is 0 Å². The van der Waals surface area contributed by atoms with Crippen LogP contribution in [0, 0.1) is 6.92 Å². The summed E-state index contributed by atoms with van der Waals surface area (Å²) < 4.78 is 5.93. The van der Waals surface area contributed by atoms with Gasteiger partial charge in [0, 0.05) is 34.3 Å². The Morgan fingerprint density at radius 1 is 0.941 bits per heavy atom. The number of hydrogen-bond acceptors (Lipinski definition) is 4. The van der Waals surface area contributed by atoms with Gasteiger partial charge in [0.25, 0.3) is 0 Å². The Morgan fingerprint density at radius 2 is 1.59 bits per heavy atom. The maximum absolute atomic E-state index is 13.7. The lowest BCUT2D eigenvalue weighted by molar-refractivity contribution is -0.144. The molecule has 3 aliphatic rings. The van der Waals surface area contributed by atoms with Gasteiger partial charge in [-0.05, 0) is 75.1 Å². The van der Waals surface area contributed by atoms with Gasteiger partial charge in [-0.15, -0.1) is 0 Å². The zero-order valence-electron chi connectivity index (χ0n) is 19.7. The Bertz CT molecular complexity index is 1170. The molecule has 0 unspecified atom stereocenters. The molecule has 1 saturated carbocycles. The van der Waals surface area contributed by atoms with Crippen LogP contribution in [0.15, 0.2) is 71.1 Å². The van der Waals surface area contributed by atoms with Crippen molar-refractivity contribution in [3.05, 3.63) is 92.8 Å². The molecule has 2 aromatic carbocycles. The van der Waals surface area contributed by atoms with Crippen LogP contribution in [0.5, 0.6) is 0 Å². The quantitative estimate of drug-likeness (QED) is 0.513. The van der Waals surface area contributed by atoms with Crippen LogP contribution in [0.25, 0.3) is 0 Å². The molecule has 0 radical (unpaired) electrons. The molecule has 4 nitrogen and oxygen atoms in total. The van der Waals surface area contributed by atoms with E-state index in [4.69, 9.17) is 16.3 Å². The highest BCUT2D eigenvalue weighted by atomic mass is 35.5. The minimum Gasteiger partial charge on any atom is -0.459 e. The van der Waals surface area contributed by atoms with Crippen molar-refractivity contribution in [3.8, 4) is 0 Å². The zero-order chi connectivity index (χ0) is 23.8. The summed E-state index contributed by atoms with van der Waals surface area (Å²) in [6.07, 6.45) is 5.11. The van der Waals surface area contributed by atoms with Crippen LogP contribution in [0.1, 0.15) is 74.0 Å². The van der Waals surface area contributed by atoms with Crippen LogP contribution < -0.4 is 5.32 Å². The Hall–Kier alpha value is -2.85. The summed E-state index contributed by atoms with van der Waals surface area (Å²) in [7, 11) is 0. The number of carbonyl (C=O) groups is 2. The standard InChI is InChI=1S/C29H30ClNO3/c1-17-7-9-20(10-8-17)27-26(29(33)34-23-5-3-4-6-23)18(2)31-24-15-21(16-25(32)28(24)27)19-11-13-22(30)14-12-19/h7-14,21,23,27,31H,3-6,15-16H2,1-2H3/t21-,27+/m0/s1. The molecular weight excluding hydrogens is 446 g/mol. The van der Waals surface area contributed by atoms with E-state index < -0.39 is 5.92 Å². The fourth-order valence-electron chi connectivity index (χ4n) is 5.59. The van der Waals surface area contributed by atoms with Gasteiger partial charge in [0.1, 0.15) is 6.10 Å². The molecule has 0 aromatic heterocycles. The van der Waals surface area contributed by atoms with Crippen molar-refractivity contribution >= 4 is 23.4 Å². The molecule has 0 amide bonds. The number of nitrogens with one attached hydrogen (secondary N) is 1. The number of Topliss-reactive ketones (excluding diaryl/α,β-unsaturated/α-hetero) is 1. The van der Waals surface area contributed by atoms with Crippen molar-refractivity contribution in [2.45, 2.75) is 70.3 Å². The first-order valence-corrected chi connectivity index (χ1v) is 12.6. The second-order valence-corrected chi connectivity index (χ2v) is 10.2. The smallest absolute Gasteiger partial charge is 0.337 e. The number of esters is 1. The number of ether oxygens (including phenoxy) is 1. The van der Waals surface area contributed by atoms with Crippen LogP contribution in [-0.4, -0.2) is 17.9 Å². The van der Waals surface area contributed by atoms with Gasteiger partial charge in [0.05, 0.1) is 5.57 Å². The minimum absolute atomic E-state index is 0.0295. The molecule has 1 fully saturated rings. The summed E-state index contributed by atoms with van der Waals surface area (Å²) >= 11 is 6.08. The van der Waals surface area contributed by atoms with Crippen molar-refractivity contribution in [1.82, 2.24) is 5.32 Å². The number of dihydropyridines is 1. The van der Waals surface area contributed by atoms with Crippen LogP contribution >= 0.6 is 11.6 Å². The second kappa shape index (κ2) is 9.42. The number of hydrogen-bond donors (Lipinski definition) is 1. The van der Waals surface area contributed by atoms with Gasteiger partial charge in [-0.3, -0.25) is 4.79 Å². The lowest BCUT2D eigenvalue weighted by Gasteiger charge is -2.37. The van der Waals surface area contributed by atoms with E-state index in [1.54, 1.807) is 0 Å². The normalized spacial score (nSPS) is 23.1. The average Bonchev–Trinajstić information content (AvgIpc) is 3.32. The van der Waals surface area contributed by atoms with E-state index in [1.807, 2.05) is 62.4 Å². The second-order valence-electron chi connectivity index (χ2n) is 9.79. The molecule has 176 valence electrons. The monoisotopic (exact) mass is 475 g/mol. The molecule has 0 bridgehead atoms. The molecular formula is C29H30ClNO3. The van der Waals surface area contributed by atoms with Gasteiger partial charge in [0.15, 0.2) is 5.78 Å². The number of carbonyl (C=O) groups excluding carboxylic acids is 2. The Morgan fingerprint density at radius 3 is 2.26 bits per heavy atom. The maximum Gasteiger partial charge on any atom is 0.337 e. The predicted octanol–water partition coefficient (Wildman–Crippen LogP) is 6.50. The van der Waals surface area contributed by atoms with E-state index in [9.17, 15) is 9.59 Å². The van der Waals surface area contributed by atoms with E-state index in [1.165, 1.54) is 0 Å². The molecule has 0 spiro atoms. The van der Waals surface area contributed by atoms with Crippen molar-refractivity contribution < 1.29 is 14.3 Å². The van der Waals surface area contributed by atoms with Crippen LogP contribution in [-0.2, 0) is 14.3 Å². The summed E-state index contributed by atoms with van der Waals surface area (Å²) in [6, 6.07) is 15.9. The van der Waals surface area contributed by atoms with E-state index in [0.717, 1.165) is 53.8 Å². The first kappa shape index (κ1) is 22.9. The first-order valence-electron chi connectivity index (χ1n) is 12.2. The third kappa shape index (κ3) is 4.44. The van der Waals surface area contributed by atoms with Gasteiger partial charge < -0.3 is 10.1 Å². The van der Waals surface area contributed by atoms with Gasteiger partial charge >= 0.3 is 5.97 Å². The van der Waals surface area contributed by atoms with Gasteiger partial charge in [0.2, 0.25) is 0 Å². The Labute approximate surface area is 206 Å². The molecule has 2 aliphatic carbocycles. The highest BCUT2D eigenvalue weighted by molar-refractivity contribution is 6.30. The first-order chi connectivity index (χ1) is 16.4. The summed E-state index contributed by atoms with van der Waals surface area (Å²) in [5.74, 6) is -0.557. The number of benzene rings is 2. The number of halogens is 1. The Kier molecular flexibility index (Phi) is 6.35. The van der Waals surface area contributed by atoms with Crippen molar-refractivity contribution in [2.24, 2.45) is 0 Å². The molecule has 1 aliphatic heterocycles. The summed E-state index contributed by atoms with van der Waals surface area (Å²) in [6.45, 7) is 3.96. The third-order valence-corrected chi connectivity index (χ3v) is 7.63. The van der Waals surface area contributed by atoms with E-state index in [0.29, 0.717) is 29.0 Å². The highest BCUT2D eigenvalue weighted by Gasteiger charge is 2.42. The van der Waals surface area contributed by atoms with E-state index in [-0.39, 0.29) is 23.8 Å². The van der Waals surface area contributed by atoms with Crippen molar-refractivity contribution in [2.75, 3.05) is 0 Å². The molecule has 5 rings (SSSR count). The summed E-state index contributed by atoms with van der Waals surface area (Å²) in [5.41, 5.74) is 6.15. The maximum atomic E-state index is 13.7. The molecule has 0 saturated heterocycles. The van der Waals surface area contributed by atoms with Crippen LogP contribution in [0.2, 0.25) is 5.02 Å². The summed E-state index contributed by atoms with van der Waals surface area (Å²) in [5, 5.41) is 4.12. The van der Waals surface area contributed by atoms with Gasteiger partial charge in [-0.25, -0.2) is 4.79 Å². The summed E-state index contributed by atoms with van der Waals surface area (Å²) in [4.78, 5) is 27.1. The third-order valence-electron chi connectivity index (χ3n) is 7.38. The van der Waals surface area contributed by atoms with Gasteiger partial charge in [-0.1, -0.05) is 53.6 Å². The molecule has 2 atom stereocenters. The molecule has 34 heavy (non-hydrogen) atoms. The number of aryl methyl sites for hydroxylation is 1. The zero-order valence-corrected chi connectivity index (χ0v) is 20.5. The molecule has 2 aromatic rings. The number of ketones is 1. The van der Waals surface area contributed by atoms with E-state index in [2.05, 4.69) is 5.32 Å². The molecule has 5 heteroatoms. The fourth-order valence-corrected chi connectivity index (χ4v) is 5.72.